The fourth-order valence-electron chi connectivity index (χ4n) is 5.86. The van der Waals surface area contributed by atoms with Gasteiger partial charge in [0.05, 0.1) is 18.2 Å². The lowest BCUT2D eigenvalue weighted by Gasteiger charge is -2.34. The van der Waals surface area contributed by atoms with Crippen LogP contribution in [0.5, 0.6) is 5.75 Å². The molecule has 5 aromatic rings. The molecule has 0 aromatic heterocycles. The summed E-state index contributed by atoms with van der Waals surface area (Å²) in [6, 6.07) is 33.9. The van der Waals surface area contributed by atoms with Crippen molar-refractivity contribution < 1.29 is 19.1 Å². The number of aryl methyl sites for hydroxylation is 4. The van der Waals surface area contributed by atoms with Crippen LogP contribution >= 0.6 is 0 Å². The third-order valence-corrected chi connectivity index (χ3v) is 8.85. The highest BCUT2D eigenvalue weighted by atomic mass is 16.5. The number of ether oxygens (including phenoxy) is 2. The van der Waals surface area contributed by atoms with Gasteiger partial charge < -0.3 is 9.47 Å². The number of esters is 2. The van der Waals surface area contributed by atoms with Gasteiger partial charge in [0.1, 0.15) is 5.75 Å². The Morgan fingerprint density at radius 1 is 0.545 bits per heavy atom. The molecule has 0 aliphatic heterocycles. The van der Waals surface area contributed by atoms with Crippen molar-refractivity contribution >= 4 is 11.9 Å². The molecule has 0 fully saturated rings. The SMILES string of the molecule is COC(=O)c1ccc(-c2ccc(C(=O)Oc3c(C)cc(C(C)(c4ccccc4)c4cc(C)c(C)c(C)c4)cc3C)cc2)cc1. The molecule has 0 bridgehead atoms. The molecule has 0 radical (unpaired) electrons. The van der Waals surface area contributed by atoms with Gasteiger partial charge in [0.15, 0.2) is 0 Å². The van der Waals surface area contributed by atoms with Crippen LogP contribution in [0.15, 0.2) is 103 Å². The molecule has 5 rings (SSSR count). The largest absolute Gasteiger partial charge is 0.465 e. The molecule has 0 aliphatic carbocycles. The Kier molecular flexibility index (Phi) is 8.55. The minimum atomic E-state index is -0.410. The average Bonchev–Trinajstić information content (AvgIpc) is 3.04. The van der Waals surface area contributed by atoms with Crippen molar-refractivity contribution in [3.05, 3.63) is 159 Å². The van der Waals surface area contributed by atoms with E-state index in [1.807, 2.05) is 44.2 Å². The molecule has 0 heterocycles. The smallest absolute Gasteiger partial charge is 0.343 e. The van der Waals surface area contributed by atoms with Crippen molar-refractivity contribution in [2.24, 2.45) is 0 Å². The quantitative estimate of drug-likeness (QED) is 0.109. The van der Waals surface area contributed by atoms with E-state index in [-0.39, 0.29) is 5.97 Å². The fraction of sp³-hybridized carbons (Fsp3) is 0.200. The van der Waals surface area contributed by atoms with E-state index in [0.717, 1.165) is 27.8 Å². The van der Waals surface area contributed by atoms with Gasteiger partial charge in [0, 0.05) is 5.41 Å². The van der Waals surface area contributed by atoms with E-state index in [9.17, 15) is 9.59 Å². The molecule has 0 saturated heterocycles. The molecule has 4 nitrogen and oxygen atoms in total. The van der Waals surface area contributed by atoms with E-state index >= 15 is 0 Å². The third-order valence-electron chi connectivity index (χ3n) is 8.85. The van der Waals surface area contributed by atoms with Gasteiger partial charge in [0.25, 0.3) is 0 Å². The molecule has 1 unspecified atom stereocenters. The minimum absolute atomic E-state index is 0.377. The lowest BCUT2D eigenvalue weighted by molar-refractivity contribution is 0.0600. The topological polar surface area (TPSA) is 52.6 Å². The third kappa shape index (κ3) is 5.80. The van der Waals surface area contributed by atoms with Gasteiger partial charge in [-0.2, -0.15) is 0 Å². The molecule has 0 spiro atoms. The second kappa shape index (κ2) is 12.3. The first kappa shape index (κ1) is 30.5. The normalized spacial score (nSPS) is 12.3. The Hall–Kier alpha value is -4.96. The monoisotopic (exact) mass is 582 g/mol. The van der Waals surface area contributed by atoms with Crippen LogP contribution in [0.3, 0.4) is 0 Å². The van der Waals surface area contributed by atoms with Crippen LogP contribution in [0.25, 0.3) is 11.1 Å². The van der Waals surface area contributed by atoms with Crippen LogP contribution in [0.4, 0.5) is 0 Å². The van der Waals surface area contributed by atoms with Crippen molar-refractivity contribution in [3.8, 4) is 16.9 Å². The maximum absolute atomic E-state index is 13.3. The number of carbonyl (C=O) groups excluding carboxylic acids is 2. The Balaban J connectivity index is 1.44. The van der Waals surface area contributed by atoms with Crippen molar-refractivity contribution in [1.82, 2.24) is 0 Å². The van der Waals surface area contributed by atoms with Crippen LogP contribution in [0.1, 0.15) is 72.1 Å². The molecule has 0 N–H and O–H groups in total. The van der Waals surface area contributed by atoms with E-state index < -0.39 is 11.4 Å². The highest BCUT2D eigenvalue weighted by Crippen LogP contribution is 2.42. The number of rotatable bonds is 7. The highest BCUT2D eigenvalue weighted by Gasteiger charge is 2.33. The molecule has 222 valence electrons. The lowest BCUT2D eigenvalue weighted by Crippen LogP contribution is -2.26. The summed E-state index contributed by atoms with van der Waals surface area (Å²) in [4.78, 5) is 25.0. The molecule has 5 aromatic carbocycles. The van der Waals surface area contributed by atoms with Gasteiger partial charge >= 0.3 is 11.9 Å². The number of hydrogen-bond acceptors (Lipinski definition) is 4. The second-order valence-corrected chi connectivity index (χ2v) is 11.7. The summed E-state index contributed by atoms with van der Waals surface area (Å²) in [5.74, 6) is -0.210. The maximum Gasteiger partial charge on any atom is 0.343 e. The van der Waals surface area contributed by atoms with Crippen molar-refractivity contribution in [3.63, 3.8) is 0 Å². The molecule has 0 amide bonds. The lowest BCUT2D eigenvalue weighted by atomic mass is 9.69. The molecule has 1 atom stereocenters. The zero-order valence-electron chi connectivity index (χ0n) is 26.4. The predicted molar refractivity (Wildman–Crippen MR) is 177 cm³/mol. The van der Waals surface area contributed by atoms with Gasteiger partial charge in [0.2, 0.25) is 0 Å². The summed E-state index contributed by atoms with van der Waals surface area (Å²) in [5, 5.41) is 0. The Morgan fingerprint density at radius 2 is 0.977 bits per heavy atom. The highest BCUT2D eigenvalue weighted by molar-refractivity contribution is 5.92. The van der Waals surface area contributed by atoms with E-state index in [4.69, 9.17) is 9.47 Å². The van der Waals surface area contributed by atoms with Gasteiger partial charge in [-0.25, -0.2) is 9.59 Å². The number of hydrogen-bond donors (Lipinski definition) is 0. The summed E-state index contributed by atoms with van der Waals surface area (Å²) >= 11 is 0. The Bertz CT molecular complexity index is 1790. The van der Waals surface area contributed by atoms with Crippen molar-refractivity contribution in [1.29, 1.82) is 0 Å². The van der Waals surface area contributed by atoms with E-state index in [2.05, 4.69) is 76.2 Å². The zero-order chi connectivity index (χ0) is 31.6. The molecular formula is C40H38O4. The molecule has 0 aliphatic rings. The van der Waals surface area contributed by atoms with Crippen molar-refractivity contribution in [2.75, 3.05) is 7.11 Å². The standard InChI is InChI=1S/C40H38O4/c1-25-21-35(22-26(2)29(25)5)40(6,34-11-9-8-10-12-34)36-23-27(3)37(28(4)24-36)44-39(42)33-19-15-31(16-20-33)30-13-17-32(18-14-30)38(41)43-7/h8-24H,1-7H3. The second-order valence-electron chi connectivity index (χ2n) is 11.7. The Morgan fingerprint density at radius 3 is 1.43 bits per heavy atom. The zero-order valence-corrected chi connectivity index (χ0v) is 26.4. The van der Waals surface area contributed by atoms with Gasteiger partial charge in [-0.15, -0.1) is 0 Å². The van der Waals surface area contributed by atoms with Crippen LogP contribution < -0.4 is 4.74 Å². The maximum atomic E-state index is 13.3. The van der Waals surface area contributed by atoms with Gasteiger partial charge in [-0.3, -0.25) is 0 Å². The van der Waals surface area contributed by atoms with Crippen LogP contribution in [0, 0.1) is 34.6 Å². The minimum Gasteiger partial charge on any atom is -0.465 e. The predicted octanol–water partition coefficient (Wildman–Crippen LogP) is 9.26. The first-order valence-corrected chi connectivity index (χ1v) is 14.8. The summed E-state index contributed by atoms with van der Waals surface area (Å²) in [7, 11) is 1.36. The van der Waals surface area contributed by atoms with Crippen LogP contribution in [0.2, 0.25) is 0 Å². The molecular weight excluding hydrogens is 544 g/mol. The van der Waals surface area contributed by atoms with Crippen molar-refractivity contribution in [2.45, 2.75) is 47.0 Å². The van der Waals surface area contributed by atoms with E-state index in [0.29, 0.717) is 16.9 Å². The molecule has 0 saturated carbocycles. The first-order valence-electron chi connectivity index (χ1n) is 14.8. The summed E-state index contributed by atoms with van der Waals surface area (Å²) in [6.07, 6.45) is 0. The number of methoxy groups -OCH3 is 1. The first-order chi connectivity index (χ1) is 21.0. The Labute approximate surface area is 260 Å². The summed E-state index contributed by atoms with van der Waals surface area (Å²) in [5.41, 5.74) is 11.6. The van der Waals surface area contributed by atoms with Crippen LogP contribution in [-0.2, 0) is 10.2 Å². The van der Waals surface area contributed by atoms with Crippen LogP contribution in [-0.4, -0.2) is 19.0 Å². The average molecular weight is 583 g/mol. The van der Waals surface area contributed by atoms with Gasteiger partial charge in [-0.05, 0) is 121 Å². The van der Waals surface area contributed by atoms with Gasteiger partial charge in [-0.1, -0.05) is 78.9 Å². The number of benzene rings is 5. The van der Waals surface area contributed by atoms with E-state index in [1.165, 1.54) is 34.9 Å². The number of carbonyl (C=O) groups is 2. The summed E-state index contributed by atoms with van der Waals surface area (Å²) in [6.45, 7) is 12.8. The molecule has 44 heavy (non-hydrogen) atoms. The van der Waals surface area contributed by atoms with E-state index in [1.54, 1.807) is 24.3 Å². The molecule has 4 heteroatoms. The summed E-state index contributed by atoms with van der Waals surface area (Å²) < 4.78 is 10.8. The fourth-order valence-corrected chi connectivity index (χ4v) is 5.86.